The SMILES string of the molecule is C[C@H](O[Si](C)(C)C(C)(C)C)c1nccn1C(c1cc(-c2ccc(I)cc2)on1)[C@H](OC(N)=O)C(C)(C)C. The number of aromatic nitrogens is 3. The molecule has 2 heterocycles. The zero-order valence-corrected chi connectivity index (χ0v) is 26.4. The van der Waals surface area contributed by atoms with E-state index in [0.717, 1.165) is 15.0 Å². The number of carbonyl (C=O) groups excluding carboxylic acids is 1. The van der Waals surface area contributed by atoms with Crippen molar-refractivity contribution in [3.8, 4) is 11.3 Å². The minimum atomic E-state index is -2.09. The number of carbonyl (C=O) groups is 1. The van der Waals surface area contributed by atoms with E-state index in [1.54, 1.807) is 6.20 Å². The average Bonchev–Trinajstić information content (AvgIpc) is 3.42. The maximum Gasteiger partial charge on any atom is 0.404 e. The lowest BCUT2D eigenvalue weighted by molar-refractivity contribution is 0.00752. The van der Waals surface area contributed by atoms with Gasteiger partial charge in [0.05, 0.1) is 0 Å². The van der Waals surface area contributed by atoms with Crippen molar-refractivity contribution >= 4 is 37.0 Å². The normalized spacial score (nSPS) is 15.3. The molecule has 3 rings (SSSR count). The molecule has 1 amide bonds. The number of rotatable bonds is 8. The van der Waals surface area contributed by atoms with Crippen molar-refractivity contribution in [2.24, 2.45) is 11.1 Å². The Labute approximate surface area is 234 Å². The molecule has 0 bridgehead atoms. The molecule has 3 atom stereocenters. The van der Waals surface area contributed by atoms with Crippen molar-refractivity contribution in [1.82, 2.24) is 14.7 Å². The third kappa shape index (κ3) is 6.83. The Bertz CT molecular complexity index is 1210. The minimum Gasteiger partial charge on any atom is -0.443 e. The molecule has 10 heteroatoms. The number of primary amides is 1. The van der Waals surface area contributed by atoms with Gasteiger partial charge in [0, 0.05) is 33.0 Å². The molecule has 3 aromatic rings. The summed E-state index contributed by atoms with van der Waals surface area (Å²) in [7, 11) is -2.09. The van der Waals surface area contributed by atoms with Gasteiger partial charge >= 0.3 is 6.09 Å². The molecular weight excluding hydrogens is 599 g/mol. The Balaban J connectivity index is 2.12. The lowest BCUT2D eigenvalue weighted by atomic mass is 9.83. The maximum absolute atomic E-state index is 12.0. The highest BCUT2D eigenvalue weighted by molar-refractivity contribution is 14.1. The fraction of sp³-hybridized carbons (Fsp3) is 0.519. The number of nitrogens with zero attached hydrogens (tertiary/aromatic N) is 3. The topological polar surface area (TPSA) is 105 Å². The molecule has 0 aliphatic rings. The van der Waals surface area contributed by atoms with Gasteiger partial charge < -0.3 is 24.0 Å². The number of nitrogens with two attached hydrogens (primary N) is 1. The molecule has 0 fully saturated rings. The van der Waals surface area contributed by atoms with Crippen LogP contribution in [0.2, 0.25) is 18.1 Å². The third-order valence-electron chi connectivity index (χ3n) is 6.98. The molecule has 0 radical (unpaired) electrons. The predicted octanol–water partition coefficient (Wildman–Crippen LogP) is 7.32. The fourth-order valence-corrected chi connectivity index (χ4v) is 5.71. The van der Waals surface area contributed by atoms with Gasteiger partial charge in [0.15, 0.2) is 14.1 Å². The van der Waals surface area contributed by atoms with Crippen LogP contribution in [0.25, 0.3) is 11.3 Å². The van der Waals surface area contributed by atoms with E-state index in [1.807, 2.05) is 68.8 Å². The lowest BCUT2D eigenvalue weighted by Gasteiger charge is -2.39. The van der Waals surface area contributed by atoms with E-state index in [2.05, 4.69) is 66.6 Å². The highest BCUT2D eigenvalue weighted by Gasteiger charge is 2.42. The van der Waals surface area contributed by atoms with Crippen LogP contribution < -0.4 is 5.73 Å². The molecule has 0 aliphatic heterocycles. The smallest absolute Gasteiger partial charge is 0.404 e. The Morgan fingerprint density at radius 3 is 2.30 bits per heavy atom. The van der Waals surface area contributed by atoms with E-state index in [4.69, 9.17) is 19.4 Å². The van der Waals surface area contributed by atoms with E-state index in [9.17, 15) is 4.79 Å². The molecule has 0 saturated carbocycles. The molecular formula is C27H39IN4O4Si. The largest absolute Gasteiger partial charge is 0.443 e. The summed E-state index contributed by atoms with van der Waals surface area (Å²) < 4.78 is 21.3. The second kappa shape index (κ2) is 10.9. The molecule has 0 aliphatic carbocycles. The maximum atomic E-state index is 12.0. The average molecular weight is 639 g/mol. The van der Waals surface area contributed by atoms with Crippen LogP contribution in [0.4, 0.5) is 4.79 Å². The summed E-state index contributed by atoms with van der Waals surface area (Å²) >= 11 is 2.26. The molecule has 1 unspecified atom stereocenters. The van der Waals surface area contributed by atoms with Gasteiger partial charge in [-0.1, -0.05) is 58.8 Å². The summed E-state index contributed by atoms with van der Waals surface area (Å²) in [5, 5.41) is 4.47. The minimum absolute atomic E-state index is 0.0373. The van der Waals surface area contributed by atoms with Crippen LogP contribution in [-0.4, -0.2) is 35.2 Å². The van der Waals surface area contributed by atoms with Crippen LogP contribution in [0.3, 0.4) is 0 Å². The van der Waals surface area contributed by atoms with Crippen LogP contribution in [0.1, 0.15) is 72.1 Å². The van der Waals surface area contributed by atoms with Crippen molar-refractivity contribution in [3.05, 3.63) is 57.8 Å². The van der Waals surface area contributed by atoms with Gasteiger partial charge in [-0.25, -0.2) is 9.78 Å². The first-order chi connectivity index (χ1) is 17.0. The van der Waals surface area contributed by atoms with Crippen molar-refractivity contribution in [2.75, 3.05) is 0 Å². The van der Waals surface area contributed by atoms with Crippen molar-refractivity contribution in [1.29, 1.82) is 0 Å². The zero-order chi connectivity index (χ0) is 27.8. The summed E-state index contributed by atoms with van der Waals surface area (Å²) in [6, 6.07) is 9.34. The lowest BCUT2D eigenvalue weighted by Crippen LogP contribution is -2.43. The molecule has 8 nitrogen and oxygen atoms in total. The molecule has 0 saturated heterocycles. The highest BCUT2D eigenvalue weighted by Crippen LogP contribution is 2.41. The number of hydrogen-bond acceptors (Lipinski definition) is 6. The molecule has 202 valence electrons. The summed E-state index contributed by atoms with van der Waals surface area (Å²) in [6.45, 7) is 19.1. The van der Waals surface area contributed by atoms with E-state index >= 15 is 0 Å². The first-order valence-electron chi connectivity index (χ1n) is 12.4. The number of ether oxygens (including phenoxy) is 1. The standard InChI is InChI=1S/C27H39IN4O4Si/c1-17(36-37(8,9)27(5,6)7)24-30-14-15-32(24)22(23(26(2,3)4)34-25(29)33)20-16-21(35-31-20)18-10-12-19(28)13-11-18/h10-17,22-23H,1-9H3,(H2,29,33)/t17-,22?,23-/m0/s1. The quantitative estimate of drug-likeness (QED) is 0.205. The Hall–Kier alpha value is -2.18. The number of halogens is 1. The fourth-order valence-electron chi connectivity index (χ4n) is 4.01. The van der Waals surface area contributed by atoms with E-state index in [1.165, 1.54) is 0 Å². The summed E-state index contributed by atoms with van der Waals surface area (Å²) in [6.07, 6.45) is 1.80. The number of imidazole rings is 1. The second-order valence-corrected chi connectivity index (χ2v) is 18.0. The van der Waals surface area contributed by atoms with E-state index in [-0.39, 0.29) is 11.1 Å². The van der Waals surface area contributed by atoms with Crippen LogP contribution in [0, 0.1) is 8.99 Å². The Kier molecular flexibility index (Phi) is 8.65. The second-order valence-electron chi connectivity index (χ2n) is 12.0. The highest BCUT2D eigenvalue weighted by atomic mass is 127. The van der Waals surface area contributed by atoms with Gasteiger partial charge in [0.25, 0.3) is 0 Å². The van der Waals surface area contributed by atoms with Crippen molar-refractivity contribution in [2.45, 2.75) is 84.8 Å². The van der Waals surface area contributed by atoms with Crippen LogP contribution in [-0.2, 0) is 9.16 Å². The van der Waals surface area contributed by atoms with Gasteiger partial charge in [0.2, 0.25) is 0 Å². The van der Waals surface area contributed by atoms with Crippen molar-refractivity contribution in [3.63, 3.8) is 0 Å². The number of hydrogen-bond donors (Lipinski definition) is 1. The zero-order valence-electron chi connectivity index (χ0n) is 23.2. The summed E-state index contributed by atoms with van der Waals surface area (Å²) in [4.78, 5) is 16.7. The molecule has 0 spiro atoms. The van der Waals surface area contributed by atoms with Gasteiger partial charge in [-0.15, -0.1) is 0 Å². The van der Waals surface area contributed by atoms with E-state index < -0.39 is 32.0 Å². The predicted molar refractivity (Wildman–Crippen MR) is 156 cm³/mol. The summed E-state index contributed by atoms with van der Waals surface area (Å²) in [5.74, 6) is 1.34. The molecule has 37 heavy (non-hydrogen) atoms. The first-order valence-corrected chi connectivity index (χ1v) is 16.4. The number of amides is 1. The van der Waals surface area contributed by atoms with Gasteiger partial charge in [0.1, 0.15) is 29.8 Å². The van der Waals surface area contributed by atoms with Crippen LogP contribution >= 0.6 is 22.6 Å². The Morgan fingerprint density at radius 1 is 1.14 bits per heavy atom. The van der Waals surface area contributed by atoms with Crippen LogP contribution in [0.15, 0.2) is 47.2 Å². The van der Waals surface area contributed by atoms with Gasteiger partial charge in [-0.05, 0) is 59.8 Å². The molecule has 2 N–H and O–H groups in total. The molecule has 1 aromatic carbocycles. The number of benzene rings is 1. The Morgan fingerprint density at radius 2 is 1.76 bits per heavy atom. The summed E-state index contributed by atoms with van der Waals surface area (Å²) in [5.41, 5.74) is 6.58. The van der Waals surface area contributed by atoms with E-state index in [0.29, 0.717) is 11.5 Å². The van der Waals surface area contributed by atoms with Crippen molar-refractivity contribution < 1.29 is 18.5 Å². The van der Waals surface area contributed by atoms with Gasteiger partial charge in [-0.3, -0.25) is 0 Å². The third-order valence-corrected chi connectivity index (χ3v) is 12.3. The monoisotopic (exact) mass is 638 g/mol. The molecule has 2 aromatic heterocycles. The van der Waals surface area contributed by atoms with Crippen LogP contribution in [0.5, 0.6) is 0 Å². The first kappa shape index (κ1) is 29.4. The van der Waals surface area contributed by atoms with Gasteiger partial charge in [-0.2, -0.15) is 0 Å².